The Morgan fingerprint density at radius 2 is 2.16 bits per heavy atom. The lowest BCUT2D eigenvalue weighted by Crippen LogP contribution is -2.13. The van der Waals surface area contributed by atoms with Crippen molar-refractivity contribution in [1.82, 2.24) is 15.1 Å². The van der Waals surface area contributed by atoms with E-state index < -0.39 is 0 Å². The minimum atomic E-state index is -0.227. The molecule has 1 aromatic heterocycles. The number of benzene rings is 1. The first-order valence-electron chi connectivity index (χ1n) is 6.26. The normalized spacial score (nSPS) is 10.9. The molecular formula is C14H17BrFN3. The van der Waals surface area contributed by atoms with Crippen LogP contribution in [-0.2, 0) is 26.6 Å². The smallest absolute Gasteiger partial charge is 0.137 e. The Hall–Kier alpha value is -1.20. The molecule has 0 aliphatic rings. The van der Waals surface area contributed by atoms with Crippen LogP contribution in [0.5, 0.6) is 0 Å². The van der Waals surface area contributed by atoms with Crippen molar-refractivity contribution >= 4 is 15.9 Å². The fourth-order valence-corrected chi connectivity index (χ4v) is 2.27. The number of hydrogen-bond acceptors (Lipinski definition) is 2. The van der Waals surface area contributed by atoms with Crippen LogP contribution in [-0.4, -0.2) is 9.78 Å². The van der Waals surface area contributed by atoms with Gasteiger partial charge in [0.1, 0.15) is 5.82 Å². The molecule has 0 saturated carbocycles. The Morgan fingerprint density at radius 1 is 1.37 bits per heavy atom. The predicted molar refractivity (Wildman–Crippen MR) is 77.2 cm³/mol. The van der Waals surface area contributed by atoms with E-state index in [1.807, 2.05) is 24.0 Å². The molecular weight excluding hydrogens is 309 g/mol. The summed E-state index contributed by atoms with van der Waals surface area (Å²) in [6.45, 7) is 3.48. The second-order valence-electron chi connectivity index (χ2n) is 4.48. The molecule has 2 aromatic rings. The van der Waals surface area contributed by atoms with Crippen molar-refractivity contribution in [3.63, 3.8) is 0 Å². The highest BCUT2D eigenvalue weighted by molar-refractivity contribution is 9.10. The topological polar surface area (TPSA) is 29.9 Å². The molecule has 0 amide bonds. The van der Waals surface area contributed by atoms with Gasteiger partial charge < -0.3 is 5.32 Å². The Labute approximate surface area is 121 Å². The molecule has 0 atom stereocenters. The highest BCUT2D eigenvalue weighted by Crippen LogP contribution is 2.16. The van der Waals surface area contributed by atoms with Crippen LogP contribution >= 0.6 is 15.9 Å². The summed E-state index contributed by atoms with van der Waals surface area (Å²) in [6.07, 6.45) is 2.94. The Balaban J connectivity index is 1.94. The van der Waals surface area contributed by atoms with E-state index in [0.29, 0.717) is 11.0 Å². The van der Waals surface area contributed by atoms with E-state index in [-0.39, 0.29) is 5.82 Å². The molecule has 0 fully saturated rings. The van der Waals surface area contributed by atoms with Crippen molar-refractivity contribution < 1.29 is 4.39 Å². The summed E-state index contributed by atoms with van der Waals surface area (Å²) in [5, 5.41) is 7.71. The minimum Gasteiger partial charge on any atom is -0.308 e. The van der Waals surface area contributed by atoms with Gasteiger partial charge in [-0.25, -0.2) is 4.39 Å². The van der Waals surface area contributed by atoms with Gasteiger partial charge in [-0.1, -0.05) is 13.0 Å². The maximum atomic E-state index is 13.4. The van der Waals surface area contributed by atoms with E-state index in [9.17, 15) is 4.39 Å². The minimum absolute atomic E-state index is 0.227. The first kappa shape index (κ1) is 14.2. The highest BCUT2D eigenvalue weighted by atomic mass is 79.9. The molecule has 1 heterocycles. The van der Waals surface area contributed by atoms with Crippen LogP contribution in [0.1, 0.15) is 23.7 Å². The molecule has 3 nitrogen and oxygen atoms in total. The van der Waals surface area contributed by atoms with E-state index in [1.165, 1.54) is 5.56 Å². The maximum Gasteiger partial charge on any atom is 0.137 e. The molecule has 19 heavy (non-hydrogen) atoms. The fourth-order valence-electron chi connectivity index (χ4n) is 2.02. The van der Waals surface area contributed by atoms with Crippen molar-refractivity contribution in [3.8, 4) is 0 Å². The molecule has 102 valence electrons. The number of nitrogens with one attached hydrogen (secondary N) is 1. The van der Waals surface area contributed by atoms with Gasteiger partial charge in [0.25, 0.3) is 0 Å². The van der Waals surface area contributed by atoms with Gasteiger partial charge in [-0.15, -0.1) is 0 Å². The van der Waals surface area contributed by atoms with Gasteiger partial charge in [0.05, 0.1) is 10.2 Å². The third-order valence-electron chi connectivity index (χ3n) is 2.96. The molecule has 1 N–H and O–H groups in total. The van der Waals surface area contributed by atoms with E-state index in [2.05, 4.69) is 33.3 Å². The monoisotopic (exact) mass is 325 g/mol. The molecule has 5 heteroatoms. The van der Waals surface area contributed by atoms with Crippen LogP contribution < -0.4 is 5.32 Å². The van der Waals surface area contributed by atoms with Crippen molar-refractivity contribution in [3.05, 3.63) is 51.5 Å². The summed E-state index contributed by atoms with van der Waals surface area (Å²) in [5.74, 6) is -0.227. The molecule has 0 bridgehead atoms. The molecule has 0 unspecified atom stereocenters. The quantitative estimate of drug-likeness (QED) is 0.915. The van der Waals surface area contributed by atoms with Crippen LogP contribution in [0.15, 0.2) is 28.9 Å². The van der Waals surface area contributed by atoms with E-state index in [0.717, 1.165) is 24.2 Å². The Bertz CT molecular complexity index is 566. The zero-order chi connectivity index (χ0) is 13.8. The average Bonchev–Trinajstić information content (AvgIpc) is 2.74. The van der Waals surface area contributed by atoms with Crippen LogP contribution in [0.2, 0.25) is 0 Å². The molecule has 0 spiro atoms. The van der Waals surface area contributed by atoms with Crippen molar-refractivity contribution in [2.24, 2.45) is 7.05 Å². The van der Waals surface area contributed by atoms with Crippen molar-refractivity contribution in [1.29, 1.82) is 0 Å². The van der Waals surface area contributed by atoms with Crippen LogP contribution in [0, 0.1) is 5.82 Å². The number of rotatable bonds is 5. The summed E-state index contributed by atoms with van der Waals surface area (Å²) >= 11 is 3.15. The summed E-state index contributed by atoms with van der Waals surface area (Å²) in [6, 6.07) is 5.18. The zero-order valence-electron chi connectivity index (χ0n) is 11.1. The standard InChI is InChI=1S/C14H17BrFN3/c1-3-14-11(9-19(2)18-14)8-17-7-10-4-5-12(15)13(16)6-10/h4-6,9,17H,3,7-8H2,1-2H3. The molecule has 0 saturated heterocycles. The number of halogens is 2. The van der Waals surface area contributed by atoms with E-state index >= 15 is 0 Å². The molecule has 0 radical (unpaired) electrons. The number of aromatic nitrogens is 2. The van der Waals surface area contributed by atoms with Crippen LogP contribution in [0.25, 0.3) is 0 Å². The van der Waals surface area contributed by atoms with E-state index in [1.54, 1.807) is 12.1 Å². The lowest BCUT2D eigenvalue weighted by molar-refractivity contribution is 0.613. The second-order valence-corrected chi connectivity index (χ2v) is 5.33. The van der Waals surface area contributed by atoms with Gasteiger partial charge in [0, 0.05) is 31.9 Å². The molecule has 0 aliphatic heterocycles. The average molecular weight is 326 g/mol. The number of hydrogen-bond donors (Lipinski definition) is 1. The van der Waals surface area contributed by atoms with Gasteiger partial charge in [-0.05, 0) is 40.0 Å². The van der Waals surface area contributed by atoms with Gasteiger partial charge >= 0.3 is 0 Å². The maximum absolute atomic E-state index is 13.4. The summed E-state index contributed by atoms with van der Waals surface area (Å²) in [5.41, 5.74) is 3.24. The van der Waals surface area contributed by atoms with Gasteiger partial charge in [0.15, 0.2) is 0 Å². The summed E-state index contributed by atoms with van der Waals surface area (Å²) in [7, 11) is 1.92. The third kappa shape index (κ3) is 3.64. The van der Waals surface area contributed by atoms with Crippen molar-refractivity contribution in [2.75, 3.05) is 0 Å². The fraction of sp³-hybridized carbons (Fsp3) is 0.357. The molecule has 0 aliphatic carbocycles. The molecule has 1 aromatic carbocycles. The van der Waals surface area contributed by atoms with Gasteiger partial charge in [-0.2, -0.15) is 5.10 Å². The van der Waals surface area contributed by atoms with Crippen LogP contribution in [0.3, 0.4) is 0 Å². The van der Waals surface area contributed by atoms with Crippen LogP contribution in [0.4, 0.5) is 4.39 Å². The Morgan fingerprint density at radius 3 is 2.84 bits per heavy atom. The summed E-state index contributed by atoms with van der Waals surface area (Å²) in [4.78, 5) is 0. The van der Waals surface area contributed by atoms with Gasteiger partial charge in [-0.3, -0.25) is 4.68 Å². The first-order valence-corrected chi connectivity index (χ1v) is 7.05. The predicted octanol–water partition coefficient (Wildman–Crippen LogP) is 3.17. The third-order valence-corrected chi connectivity index (χ3v) is 3.60. The largest absolute Gasteiger partial charge is 0.308 e. The first-order chi connectivity index (χ1) is 9.10. The highest BCUT2D eigenvalue weighted by Gasteiger charge is 2.05. The number of aryl methyl sites for hydroxylation is 2. The lowest BCUT2D eigenvalue weighted by Gasteiger charge is -2.05. The van der Waals surface area contributed by atoms with E-state index in [4.69, 9.17) is 0 Å². The summed E-state index contributed by atoms with van der Waals surface area (Å²) < 4.78 is 15.7. The number of nitrogens with zero attached hydrogens (tertiary/aromatic N) is 2. The zero-order valence-corrected chi connectivity index (χ0v) is 12.7. The SMILES string of the molecule is CCc1nn(C)cc1CNCc1ccc(Br)c(F)c1. The van der Waals surface area contributed by atoms with Gasteiger partial charge in [0.2, 0.25) is 0 Å². The Kier molecular flexibility index (Phi) is 4.71. The van der Waals surface area contributed by atoms with Crippen molar-refractivity contribution in [2.45, 2.75) is 26.4 Å². The lowest BCUT2D eigenvalue weighted by atomic mass is 10.2. The second kappa shape index (κ2) is 6.30. The molecule has 2 rings (SSSR count).